The highest BCUT2D eigenvalue weighted by atomic mass is 32.1. The molecule has 1 aliphatic rings. The van der Waals surface area contributed by atoms with Crippen LogP contribution in [0.15, 0.2) is 47.6 Å². The van der Waals surface area contributed by atoms with Gasteiger partial charge in [0.15, 0.2) is 0 Å². The Labute approximate surface area is 171 Å². The Morgan fingerprint density at radius 1 is 1.07 bits per heavy atom. The molecule has 4 rings (SSSR count). The fraction of sp³-hybridized carbons (Fsp3) is 0.182. The van der Waals surface area contributed by atoms with Gasteiger partial charge in [-0.15, -0.1) is 11.3 Å². The highest BCUT2D eigenvalue weighted by molar-refractivity contribution is 7.16. The Morgan fingerprint density at radius 2 is 1.86 bits per heavy atom. The Morgan fingerprint density at radius 3 is 2.72 bits per heavy atom. The number of fused-ring (bicyclic) bond motifs is 2. The number of hydrazone groups is 1. The van der Waals surface area contributed by atoms with E-state index in [0.29, 0.717) is 10.6 Å². The van der Waals surface area contributed by atoms with Crippen molar-refractivity contribution in [2.24, 2.45) is 5.10 Å². The number of carbonyl (C=O) groups excluding carboxylic acids is 2. The number of hydrogen-bond donors (Lipinski definition) is 2. The maximum atomic E-state index is 12.2. The number of benzene rings is 2. The van der Waals surface area contributed by atoms with Gasteiger partial charge in [-0.1, -0.05) is 42.5 Å². The van der Waals surface area contributed by atoms with Gasteiger partial charge < -0.3 is 5.32 Å². The standard InChI is InChI=1S/C22H18N4O2S/c23-12-18-17-10-3-4-11-19(17)29-22(18)25-20(27)21(28)26-24-13-15-8-5-7-14-6-1-2-9-16(14)15/h1-2,5-9,13H,3-4,10-11H2,(H,25,27)(H,26,28)/b24-13-. The van der Waals surface area contributed by atoms with Crippen LogP contribution in [0, 0.1) is 11.3 Å². The van der Waals surface area contributed by atoms with Crippen molar-refractivity contribution in [1.29, 1.82) is 5.26 Å². The van der Waals surface area contributed by atoms with Crippen LogP contribution in [0.1, 0.15) is 34.4 Å². The van der Waals surface area contributed by atoms with E-state index in [1.54, 1.807) is 0 Å². The zero-order valence-corrected chi connectivity index (χ0v) is 16.4. The van der Waals surface area contributed by atoms with Gasteiger partial charge in [-0.05, 0) is 42.0 Å². The number of nitrogens with zero attached hydrogens (tertiary/aromatic N) is 2. The normalized spacial score (nSPS) is 13.1. The average Bonchev–Trinajstić information content (AvgIpc) is 3.10. The fourth-order valence-corrected chi connectivity index (χ4v) is 4.74. The molecular formula is C22H18N4O2S. The van der Waals surface area contributed by atoms with Crippen LogP contribution in [0.4, 0.5) is 5.00 Å². The minimum atomic E-state index is -0.878. The molecular weight excluding hydrogens is 384 g/mol. The zero-order valence-electron chi connectivity index (χ0n) is 15.6. The van der Waals surface area contributed by atoms with Crippen LogP contribution in [0.5, 0.6) is 0 Å². The van der Waals surface area contributed by atoms with E-state index in [-0.39, 0.29) is 0 Å². The lowest BCUT2D eigenvalue weighted by atomic mass is 9.96. The predicted molar refractivity (Wildman–Crippen MR) is 114 cm³/mol. The molecule has 2 aromatic carbocycles. The SMILES string of the molecule is N#Cc1c(NC(=O)C(=O)N/N=C\c2cccc3ccccc23)sc2c1CCCC2. The number of aryl methyl sites for hydroxylation is 1. The summed E-state index contributed by atoms with van der Waals surface area (Å²) in [5.41, 5.74) is 4.57. The Balaban J connectivity index is 1.44. The summed E-state index contributed by atoms with van der Waals surface area (Å²) in [6.07, 6.45) is 5.38. The lowest BCUT2D eigenvalue weighted by Gasteiger charge is -2.09. The van der Waals surface area contributed by atoms with Gasteiger partial charge in [0.1, 0.15) is 11.1 Å². The second kappa shape index (κ2) is 8.25. The summed E-state index contributed by atoms with van der Waals surface area (Å²) < 4.78 is 0. The molecule has 7 heteroatoms. The van der Waals surface area contributed by atoms with Gasteiger partial charge in [-0.2, -0.15) is 10.4 Å². The second-order valence-electron chi connectivity index (χ2n) is 6.75. The van der Waals surface area contributed by atoms with Crippen LogP contribution < -0.4 is 10.7 Å². The number of thiophene rings is 1. The van der Waals surface area contributed by atoms with Crippen molar-refractivity contribution in [3.63, 3.8) is 0 Å². The third kappa shape index (κ3) is 3.89. The quantitative estimate of drug-likeness (QED) is 0.397. The van der Waals surface area contributed by atoms with E-state index in [1.807, 2.05) is 42.5 Å². The van der Waals surface area contributed by atoms with E-state index in [0.717, 1.165) is 52.5 Å². The zero-order chi connectivity index (χ0) is 20.2. The number of amides is 2. The van der Waals surface area contributed by atoms with Crippen molar-refractivity contribution in [3.05, 3.63) is 64.0 Å². The van der Waals surface area contributed by atoms with Crippen LogP contribution >= 0.6 is 11.3 Å². The summed E-state index contributed by atoms with van der Waals surface area (Å²) in [5.74, 6) is -1.72. The van der Waals surface area contributed by atoms with Gasteiger partial charge in [0, 0.05) is 10.4 Å². The summed E-state index contributed by atoms with van der Waals surface area (Å²) in [7, 11) is 0. The molecule has 0 saturated carbocycles. The van der Waals surface area contributed by atoms with Crippen LogP contribution in [0.3, 0.4) is 0 Å². The van der Waals surface area contributed by atoms with Gasteiger partial charge in [-0.3, -0.25) is 9.59 Å². The van der Waals surface area contributed by atoms with Crippen LogP contribution in [0.25, 0.3) is 10.8 Å². The number of anilines is 1. The molecule has 6 nitrogen and oxygen atoms in total. The van der Waals surface area contributed by atoms with Gasteiger partial charge in [-0.25, -0.2) is 5.43 Å². The second-order valence-corrected chi connectivity index (χ2v) is 7.85. The predicted octanol–water partition coefficient (Wildman–Crippen LogP) is 3.74. The molecule has 29 heavy (non-hydrogen) atoms. The fourth-order valence-electron chi connectivity index (χ4n) is 3.51. The average molecular weight is 402 g/mol. The number of nitriles is 1. The first kappa shape index (κ1) is 18.8. The maximum Gasteiger partial charge on any atom is 0.329 e. The van der Waals surface area contributed by atoms with Crippen molar-refractivity contribution >= 4 is 45.1 Å². The highest BCUT2D eigenvalue weighted by Crippen LogP contribution is 2.37. The maximum absolute atomic E-state index is 12.2. The van der Waals surface area contributed by atoms with E-state index >= 15 is 0 Å². The van der Waals surface area contributed by atoms with Crippen molar-refractivity contribution in [2.75, 3.05) is 5.32 Å². The van der Waals surface area contributed by atoms with E-state index in [1.165, 1.54) is 17.6 Å². The number of hydrogen-bond acceptors (Lipinski definition) is 5. The van der Waals surface area contributed by atoms with Gasteiger partial charge >= 0.3 is 11.8 Å². The minimum Gasteiger partial charge on any atom is -0.308 e. The van der Waals surface area contributed by atoms with Crippen molar-refractivity contribution < 1.29 is 9.59 Å². The summed E-state index contributed by atoms with van der Waals surface area (Å²) in [5, 5.41) is 18.4. The van der Waals surface area contributed by atoms with E-state index in [9.17, 15) is 14.9 Å². The first-order valence-corrected chi connectivity index (χ1v) is 10.2. The van der Waals surface area contributed by atoms with Crippen LogP contribution in [0.2, 0.25) is 0 Å². The van der Waals surface area contributed by atoms with Crippen molar-refractivity contribution in [2.45, 2.75) is 25.7 Å². The first-order chi connectivity index (χ1) is 14.2. The van der Waals surface area contributed by atoms with E-state index in [2.05, 4.69) is 21.9 Å². The van der Waals surface area contributed by atoms with E-state index < -0.39 is 11.8 Å². The third-order valence-corrected chi connectivity index (χ3v) is 6.12. The topological polar surface area (TPSA) is 94.4 Å². The minimum absolute atomic E-state index is 0.442. The molecule has 1 heterocycles. The molecule has 2 amide bonds. The van der Waals surface area contributed by atoms with Gasteiger partial charge in [0.25, 0.3) is 0 Å². The molecule has 0 atom stereocenters. The molecule has 0 spiro atoms. The highest BCUT2D eigenvalue weighted by Gasteiger charge is 2.23. The molecule has 1 aromatic heterocycles. The van der Waals surface area contributed by atoms with Crippen molar-refractivity contribution in [1.82, 2.24) is 5.43 Å². The molecule has 144 valence electrons. The van der Waals surface area contributed by atoms with Crippen LogP contribution in [-0.2, 0) is 22.4 Å². The lowest BCUT2D eigenvalue weighted by Crippen LogP contribution is -2.32. The smallest absolute Gasteiger partial charge is 0.308 e. The summed E-state index contributed by atoms with van der Waals surface area (Å²) in [4.78, 5) is 25.5. The monoisotopic (exact) mass is 402 g/mol. The molecule has 0 unspecified atom stereocenters. The van der Waals surface area contributed by atoms with Gasteiger partial charge in [0.05, 0.1) is 11.8 Å². The first-order valence-electron chi connectivity index (χ1n) is 9.34. The van der Waals surface area contributed by atoms with Crippen molar-refractivity contribution in [3.8, 4) is 6.07 Å². The number of rotatable bonds is 3. The molecule has 1 aliphatic carbocycles. The summed E-state index contributed by atoms with van der Waals surface area (Å²) in [6, 6.07) is 15.8. The summed E-state index contributed by atoms with van der Waals surface area (Å²) in [6.45, 7) is 0. The Bertz CT molecular complexity index is 1170. The lowest BCUT2D eigenvalue weighted by molar-refractivity contribution is -0.136. The van der Waals surface area contributed by atoms with E-state index in [4.69, 9.17) is 0 Å². The molecule has 0 saturated heterocycles. The molecule has 3 aromatic rings. The number of nitrogens with one attached hydrogen (secondary N) is 2. The Hall–Kier alpha value is -3.50. The molecule has 2 N–H and O–H groups in total. The summed E-state index contributed by atoms with van der Waals surface area (Å²) >= 11 is 1.38. The third-order valence-electron chi connectivity index (χ3n) is 4.91. The number of carbonyl (C=O) groups is 2. The molecule has 0 bridgehead atoms. The molecule has 0 fully saturated rings. The molecule has 0 radical (unpaired) electrons. The largest absolute Gasteiger partial charge is 0.329 e. The molecule has 0 aliphatic heterocycles. The Kier molecular flexibility index (Phi) is 5.36. The van der Waals surface area contributed by atoms with Gasteiger partial charge in [0.2, 0.25) is 0 Å². The van der Waals surface area contributed by atoms with Crippen LogP contribution in [-0.4, -0.2) is 18.0 Å².